The normalized spacial score (nSPS) is 23.9. The molecule has 3 heteroatoms. The average Bonchev–Trinajstić information content (AvgIpc) is 2.71. The zero-order valence-electron chi connectivity index (χ0n) is 10.00. The molecule has 0 spiro atoms. The SMILES string of the molecule is CCNC(C#N)CCN1CCCC1CC. The second-order valence-corrected chi connectivity index (χ2v) is 4.27. The van der Waals surface area contributed by atoms with Crippen LogP contribution >= 0.6 is 0 Å². The Morgan fingerprint density at radius 2 is 2.33 bits per heavy atom. The summed E-state index contributed by atoms with van der Waals surface area (Å²) in [6, 6.07) is 3.13. The summed E-state index contributed by atoms with van der Waals surface area (Å²) >= 11 is 0. The van der Waals surface area contributed by atoms with E-state index in [0.717, 1.165) is 25.6 Å². The van der Waals surface area contributed by atoms with Crippen LogP contribution in [0.2, 0.25) is 0 Å². The molecule has 0 aromatic carbocycles. The number of nitriles is 1. The highest BCUT2D eigenvalue weighted by Crippen LogP contribution is 2.19. The fourth-order valence-corrected chi connectivity index (χ4v) is 2.41. The molecule has 0 aliphatic carbocycles. The Morgan fingerprint density at radius 3 is 2.93 bits per heavy atom. The largest absolute Gasteiger partial charge is 0.302 e. The molecular formula is C12H23N3. The van der Waals surface area contributed by atoms with Crippen molar-refractivity contribution in [2.24, 2.45) is 0 Å². The van der Waals surface area contributed by atoms with Gasteiger partial charge in [-0.15, -0.1) is 0 Å². The average molecular weight is 209 g/mol. The van der Waals surface area contributed by atoms with Crippen molar-refractivity contribution in [3.8, 4) is 6.07 Å². The second-order valence-electron chi connectivity index (χ2n) is 4.27. The third-order valence-corrected chi connectivity index (χ3v) is 3.28. The van der Waals surface area contributed by atoms with Gasteiger partial charge in [0.1, 0.15) is 0 Å². The van der Waals surface area contributed by atoms with E-state index in [0.29, 0.717) is 0 Å². The monoisotopic (exact) mass is 209 g/mol. The number of likely N-dealkylation sites (tertiary alicyclic amines) is 1. The maximum Gasteiger partial charge on any atom is 0.0965 e. The Hall–Kier alpha value is -0.590. The van der Waals surface area contributed by atoms with Crippen LogP contribution in [0.3, 0.4) is 0 Å². The summed E-state index contributed by atoms with van der Waals surface area (Å²) in [6.45, 7) is 7.49. The van der Waals surface area contributed by atoms with Crippen molar-refractivity contribution in [1.82, 2.24) is 10.2 Å². The molecule has 86 valence electrons. The van der Waals surface area contributed by atoms with E-state index in [-0.39, 0.29) is 6.04 Å². The van der Waals surface area contributed by atoms with Crippen LogP contribution in [-0.4, -0.2) is 36.6 Å². The lowest BCUT2D eigenvalue weighted by Gasteiger charge is -2.24. The predicted molar refractivity (Wildman–Crippen MR) is 62.6 cm³/mol. The molecule has 1 heterocycles. The van der Waals surface area contributed by atoms with E-state index >= 15 is 0 Å². The van der Waals surface area contributed by atoms with Crippen molar-refractivity contribution in [2.75, 3.05) is 19.6 Å². The van der Waals surface area contributed by atoms with Crippen LogP contribution in [0.4, 0.5) is 0 Å². The molecule has 0 bridgehead atoms. The molecule has 1 fully saturated rings. The van der Waals surface area contributed by atoms with Gasteiger partial charge in [0.25, 0.3) is 0 Å². The topological polar surface area (TPSA) is 39.1 Å². The first kappa shape index (κ1) is 12.5. The molecule has 2 unspecified atom stereocenters. The number of nitrogens with zero attached hydrogens (tertiary/aromatic N) is 2. The molecular weight excluding hydrogens is 186 g/mol. The van der Waals surface area contributed by atoms with Crippen LogP contribution in [0.5, 0.6) is 0 Å². The van der Waals surface area contributed by atoms with Gasteiger partial charge in [-0.1, -0.05) is 13.8 Å². The first-order valence-electron chi connectivity index (χ1n) is 6.18. The van der Waals surface area contributed by atoms with E-state index < -0.39 is 0 Å². The van der Waals surface area contributed by atoms with Gasteiger partial charge >= 0.3 is 0 Å². The van der Waals surface area contributed by atoms with Crippen LogP contribution in [0, 0.1) is 11.3 Å². The molecule has 0 aromatic heterocycles. The Labute approximate surface area is 93.5 Å². The molecule has 1 N–H and O–H groups in total. The van der Waals surface area contributed by atoms with Crippen LogP contribution < -0.4 is 5.32 Å². The third kappa shape index (κ3) is 3.81. The van der Waals surface area contributed by atoms with Crippen molar-refractivity contribution in [2.45, 2.75) is 51.6 Å². The Morgan fingerprint density at radius 1 is 1.53 bits per heavy atom. The van der Waals surface area contributed by atoms with Gasteiger partial charge in [0.15, 0.2) is 0 Å². The summed E-state index contributed by atoms with van der Waals surface area (Å²) in [5, 5.41) is 12.1. The van der Waals surface area contributed by atoms with Crippen molar-refractivity contribution in [3.63, 3.8) is 0 Å². The molecule has 0 saturated carbocycles. The van der Waals surface area contributed by atoms with Crippen molar-refractivity contribution in [1.29, 1.82) is 5.26 Å². The van der Waals surface area contributed by atoms with Gasteiger partial charge in [0, 0.05) is 12.6 Å². The van der Waals surface area contributed by atoms with Gasteiger partial charge in [-0.05, 0) is 38.8 Å². The van der Waals surface area contributed by atoms with Crippen LogP contribution in [0.25, 0.3) is 0 Å². The molecule has 1 rings (SSSR count). The lowest BCUT2D eigenvalue weighted by molar-refractivity contribution is 0.240. The minimum absolute atomic E-state index is 0.0353. The quantitative estimate of drug-likeness (QED) is 0.724. The second kappa shape index (κ2) is 6.81. The predicted octanol–water partition coefficient (Wildman–Crippen LogP) is 1.75. The van der Waals surface area contributed by atoms with E-state index in [1.54, 1.807) is 0 Å². The summed E-state index contributed by atoms with van der Waals surface area (Å²) in [7, 11) is 0. The Bertz CT molecular complexity index is 209. The van der Waals surface area contributed by atoms with E-state index in [1.165, 1.54) is 25.8 Å². The van der Waals surface area contributed by atoms with Crippen LogP contribution in [0.1, 0.15) is 39.5 Å². The lowest BCUT2D eigenvalue weighted by Crippen LogP contribution is -2.35. The van der Waals surface area contributed by atoms with Crippen molar-refractivity contribution >= 4 is 0 Å². The standard InChI is InChI=1S/C12H23N3/c1-3-12-6-5-8-15(12)9-7-11(10-13)14-4-2/h11-12,14H,3-9H2,1-2H3. The summed E-state index contributed by atoms with van der Waals surface area (Å²) in [5.74, 6) is 0. The maximum atomic E-state index is 8.92. The summed E-state index contributed by atoms with van der Waals surface area (Å²) in [6.07, 6.45) is 4.88. The molecule has 0 amide bonds. The summed E-state index contributed by atoms with van der Waals surface area (Å²) < 4.78 is 0. The fourth-order valence-electron chi connectivity index (χ4n) is 2.41. The molecule has 2 atom stereocenters. The first-order chi connectivity index (χ1) is 7.31. The molecule has 1 aliphatic heterocycles. The lowest BCUT2D eigenvalue weighted by atomic mass is 10.1. The van der Waals surface area contributed by atoms with Crippen LogP contribution in [-0.2, 0) is 0 Å². The highest BCUT2D eigenvalue weighted by atomic mass is 15.2. The summed E-state index contributed by atoms with van der Waals surface area (Å²) in [5.41, 5.74) is 0. The van der Waals surface area contributed by atoms with Crippen molar-refractivity contribution < 1.29 is 0 Å². The third-order valence-electron chi connectivity index (χ3n) is 3.28. The van der Waals surface area contributed by atoms with Crippen LogP contribution in [0.15, 0.2) is 0 Å². The van der Waals surface area contributed by atoms with Gasteiger partial charge in [-0.3, -0.25) is 0 Å². The smallest absolute Gasteiger partial charge is 0.0965 e. The Balaban J connectivity index is 2.26. The molecule has 3 nitrogen and oxygen atoms in total. The minimum atomic E-state index is 0.0353. The zero-order chi connectivity index (χ0) is 11.1. The van der Waals surface area contributed by atoms with E-state index in [2.05, 4.69) is 30.1 Å². The maximum absolute atomic E-state index is 8.92. The highest BCUT2D eigenvalue weighted by Gasteiger charge is 2.22. The molecule has 0 aromatic rings. The number of hydrogen-bond acceptors (Lipinski definition) is 3. The fraction of sp³-hybridized carbons (Fsp3) is 0.917. The van der Waals surface area contributed by atoms with Gasteiger partial charge in [0.2, 0.25) is 0 Å². The zero-order valence-corrected chi connectivity index (χ0v) is 10.00. The van der Waals surface area contributed by atoms with Crippen molar-refractivity contribution in [3.05, 3.63) is 0 Å². The van der Waals surface area contributed by atoms with E-state index in [4.69, 9.17) is 5.26 Å². The molecule has 1 aliphatic rings. The van der Waals surface area contributed by atoms with Gasteiger partial charge in [0.05, 0.1) is 12.1 Å². The first-order valence-corrected chi connectivity index (χ1v) is 6.18. The van der Waals surface area contributed by atoms with E-state index in [9.17, 15) is 0 Å². The van der Waals surface area contributed by atoms with E-state index in [1.807, 2.05) is 0 Å². The molecule has 0 radical (unpaired) electrons. The molecule has 15 heavy (non-hydrogen) atoms. The number of nitrogens with one attached hydrogen (secondary N) is 1. The minimum Gasteiger partial charge on any atom is -0.302 e. The number of rotatable bonds is 6. The molecule has 1 saturated heterocycles. The van der Waals surface area contributed by atoms with Gasteiger partial charge in [-0.25, -0.2) is 0 Å². The van der Waals surface area contributed by atoms with Gasteiger partial charge in [-0.2, -0.15) is 5.26 Å². The van der Waals surface area contributed by atoms with Gasteiger partial charge < -0.3 is 10.2 Å². The summed E-state index contributed by atoms with van der Waals surface area (Å²) in [4.78, 5) is 2.54. The Kier molecular flexibility index (Phi) is 5.67. The number of hydrogen-bond donors (Lipinski definition) is 1. The highest BCUT2D eigenvalue weighted by molar-refractivity contribution is 4.90.